The number of benzene rings is 1. The summed E-state index contributed by atoms with van der Waals surface area (Å²) < 4.78 is 7.05. The molecule has 15 heavy (non-hydrogen) atoms. The van der Waals surface area contributed by atoms with Gasteiger partial charge in [-0.25, -0.2) is 0 Å². The van der Waals surface area contributed by atoms with Crippen LogP contribution in [0.15, 0.2) is 24.5 Å². The van der Waals surface area contributed by atoms with Gasteiger partial charge in [0.05, 0.1) is 12.7 Å². The van der Waals surface area contributed by atoms with Crippen molar-refractivity contribution in [3.63, 3.8) is 0 Å². The molecule has 0 aliphatic heterocycles. The van der Waals surface area contributed by atoms with Crippen molar-refractivity contribution in [3.8, 4) is 17.1 Å². The Kier molecular flexibility index (Phi) is 2.60. The quantitative estimate of drug-likeness (QED) is 0.783. The van der Waals surface area contributed by atoms with Crippen LogP contribution in [0.5, 0.6) is 5.75 Å². The smallest absolute Gasteiger partial charge is 0.167 e. The minimum Gasteiger partial charge on any atom is -0.496 e. The summed E-state index contributed by atoms with van der Waals surface area (Å²) in [5.41, 5.74) is 0.838. The predicted octanol–water partition coefficient (Wildman–Crippen LogP) is 2.14. The third-order valence-electron chi connectivity index (χ3n) is 2.11. The summed E-state index contributed by atoms with van der Waals surface area (Å²) in [6.07, 6.45) is 1.63. The van der Waals surface area contributed by atoms with Gasteiger partial charge >= 0.3 is 0 Å². The molecule has 1 heterocycles. The number of rotatable bonds is 2. The molecule has 0 fully saturated rings. The maximum Gasteiger partial charge on any atom is 0.167 e. The van der Waals surface area contributed by atoms with E-state index in [1.165, 1.54) is 0 Å². The van der Waals surface area contributed by atoms with Crippen LogP contribution in [-0.4, -0.2) is 21.9 Å². The minimum absolute atomic E-state index is 0.647. The Bertz CT molecular complexity index is 481. The van der Waals surface area contributed by atoms with Gasteiger partial charge < -0.3 is 9.30 Å². The predicted molar refractivity (Wildman–Crippen MR) is 58.0 cm³/mol. The van der Waals surface area contributed by atoms with E-state index in [9.17, 15) is 0 Å². The van der Waals surface area contributed by atoms with Crippen molar-refractivity contribution >= 4 is 11.6 Å². The molecule has 0 unspecified atom stereocenters. The first-order valence-corrected chi connectivity index (χ1v) is 4.78. The van der Waals surface area contributed by atoms with E-state index in [0.717, 1.165) is 17.1 Å². The Morgan fingerprint density at radius 3 is 2.80 bits per heavy atom. The highest BCUT2D eigenvalue weighted by molar-refractivity contribution is 6.30. The lowest BCUT2D eigenvalue weighted by Crippen LogP contribution is -1.94. The molecule has 4 nitrogen and oxygen atoms in total. The Morgan fingerprint density at radius 1 is 1.40 bits per heavy atom. The van der Waals surface area contributed by atoms with E-state index < -0.39 is 0 Å². The summed E-state index contributed by atoms with van der Waals surface area (Å²) in [6, 6.07) is 5.40. The highest BCUT2D eigenvalue weighted by Gasteiger charge is 2.11. The molecule has 1 aromatic heterocycles. The zero-order valence-corrected chi connectivity index (χ0v) is 9.19. The van der Waals surface area contributed by atoms with E-state index in [2.05, 4.69) is 10.2 Å². The molecule has 1 aromatic carbocycles. The highest BCUT2D eigenvalue weighted by Crippen LogP contribution is 2.30. The van der Waals surface area contributed by atoms with E-state index >= 15 is 0 Å². The summed E-state index contributed by atoms with van der Waals surface area (Å²) in [5, 5.41) is 8.47. The lowest BCUT2D eigenvalue weighted by Gasteiger charge is -2.07. The maximum absolute atomic E-state index is 5.93. The molecular weight excluding hydrogens is 214 g/mol. The SMILES string of the molecule is COc1ccc(Cl)cc1-c1nncn1C. The summed E-state index contributed by atoms with van der Waals surface area (Å²) >= 11 is 5.93. The van der Waals surface area contributed by atoms with Crippen molar-refractivity contribution in [1.29, 1.82) is 0 Å². The van der Waals surface area contributed by atoms with E-state index in [4.69, 9.17) is 16.3 Å². The van der Waals surface area contributed by atoms with Crippen molar-refractivity contribution in [2.75, 3.05) is 7.11 Å². The summed E-state index contributed by atoms with van der Waals surface area (Å²) in [4.78, 5) is 0. The van der Waals surface area contributed by atoms with Crippen LogP contribution in [0.3, 0.4) is 0 Å². The second-order valence-corrected chi connectivity index (χ2v) is 3.55. The molecule has 0 spiro atoms. The van der Waals surface area contributed by atoms with Gasteiger partial charge in [0, 0.05) is 12.1 Å². The van der Waals surface area contributed by atoms with E-state index in [-0.39, 0.29) is 0 Å². The van der Waals surface area contributed by atoms with Crippen LogP contribution < -0.4 is 4.74 Å². The van der Waals surface area contributed by atoms with Crippen molar-refractivity contribution in [1.82, 2.24) is 14.8 Å². The average molecular weight is 224 g/mol. The number of aryl methyl sites for hydroxylation is 1. The van der Waals surface area contributed by atoms with Crippen LogP contribution >= 0.6 is 11.6 Å². The molecule has 0 aliphatic rings. The van der Waals surface area contributed by atoms with E-state index in [1.54, 1.807) is 19.5 Å². The van der Waals surface area contributed by atoms with Crippen LogP contribution in [-0.2, 0) is 7.05 Å². The number of methoxy groups -OCH3 is 1. The molecule has 0 radical (unpaired) electrons. The fourth-order valence-corrected chi connectivity index (χ4v) is 1.55. The number of nitrogens with zero attached hydrogens (tertiary/aromatic N) is 3. The van der Waals surface area contributed by atoms with Crippen LogP contribution in [0.4, 0.5) is 0 Å². The van der Waals surface area contributed by atoms with Gasteiger partial charge in [-0.2, -0.15) is 0 Å². The topological polar surface area (TPSA) is 39.9 Å². The summed E-state index contributed by atoms with van der Waals surface area (Å²) in [7, 11) is 3.48. The molecule has 0 N–H and O–H groups in total. The number of hydrogen-bond acceptors (Lipinski definition) is 3. The zero-order valence-electron chi connectivity index (χ0n) is 8.44. The van der Waals surface area contributed by atoms with Crippen molar-refractivity contribution in [3.05, 3.63) is 29.5 Å². The van der Waals surface area contributed by atoms with Crippen molar-refractivity contribution < 1.29 is 4.74 Å². The van der Waals surface area contributed by atoms with Crippen LogP contribution in [0.2, 0.25) is 5.02 Å². The maximum atomic E-state index is 5.93. The minimum atomic E-state index is 0.647. The fourth-order valence-electron chi connectivity index (χ4n) is 1.38. The number of hydrogen-bond donors (Lipinski definition) is 0. The zero-order chi connectivity index (χ0) is 10.8. The molecule has 0 atom stereocenters. The molecule has 2 rings (SSSR count). The molecule has 0 bridgehead atoms. The molecule has 2 aromatic rings. The first-order chi connectivity index (χ1) is 7.22. The number of halogens is 1. The molecule has 0 amide bonds. The third kappa shape index (κ3) is 1.80. The highest BCUT2D eigenvalue weighted by atomic mass is 35.5. The van der Waals surface area contributed by atoms with Crippen LogP contribution in [0, 0.1) is 0 Å². The van der Waals surface area contributed by atoms with E-state index in [1.807, 2.05) is 23.7 Å². The van der Waals surface area contributed by atoms with Crippen LogP contribution in [0.25, 0.3) is 11.4 Å². The van der Waals surface area contributed by atoms with Crippen molar-refractivity contribution in [2.24, 2.45) is 7.05 Å². The lowest BCUT2D eigenvalue weighted by molar-refractivity contribution is 0.416. The first kappa shape index (κ1) is 9.98. The lowest BCUT2D eigenvalue weighted by atomic mass is 10.2. The molecular formula is C10H10ClN3O. The molecule has 0 aliphatic carbocycles. The first-order valence-electron chi connectivity index (χ1n) is 4.40. The summed E-state index contributed by atoms with van der Waals surface area (Å²) in [5.74, 6) is 1.46. The molecule has 5 heteroatoms. The third-order valence-corrected chi connectivity index (χ3v) is 2.35. The average Bonchev–Trinajstić information content (AvgIpc) is 2.64. The second-order valence-electron chi connectivity index (χ2n) is 3.11. The number of ether oxygens (including phenoxy) is 1. The van der Waals surface area contributed by atoms with E-state index in [0.29, 0.717) is 5.02 Å². The van der Waals surface area contributed by atoms with Gasteiger partial charge in [0.25, 0.3) is 0 Å². The molecule has 0 saturated heterocycles. The standard InChI is InChI=1S/C10H10ClN3O/c1-14-6-12-13-10(14)8-5-7(11)3-4-9(8)15-2/h3-6H,1-2H3. The van der Waals surface area contributed by atoms with Gasteiger partial charge in [-0.05, 0) is 18.2 Å². The summed E-state index contributed by atoms with van der Waals surface area (Å²) in [6.45, 7) is 0. The Hall–Kier alpha value is -1.55. The Balaban J connectivity index is 2.60. The van der Waals surface area contributed by atoms with Gasteiger partial charge in [-0.1, -0.05) is 11.6 Å². The van der Waals surface area contributed by atoms with Gasteiger partial charge in [-0.3, -0.25) is 0 Å². The monoisotopic (exact) mass is 223 g/mol. The van der Waals surface area contributed by atoms with Gasteiger partial charge in [0.2, 0.25) is 0 Å². The molecule has 78 valence electrons. The largest absolute Gasteiger partial charge is 0.496 e. The Morgan fingerprint density at radius 2 is 2.20 bits per heavy atom. The van der Waals surface area contributed by atoms with Crippen LogP contribution in [0.1, 0.15) is 0 Å². The second kappa shape index (κ2) is 3.90. The number of aromatic nitrogens is 3. The van der Waals surface area contributed by atoms with Gasteiger partial charge in [0.1, 0.15) is 12.1 Å². The normalized spacial score (nSPS) is 10.3. The fraction of sp³-hybridized carbons (Fsp3) is 0.200. The molecule has 0 saturated carbocycles. The van der Waals surface area contributed by atoms with Crippen molar-refractivity contribution in [2.45, 2.75) is 0 Å². The van der Waals surface area contributed by atoms with Gasteiger partial charge in [0.15, 0.2) is 5.82 Å². The van der Waals surface area contributed by atoms with Gasteiger partial charge in [-0.15, -0.1) is 10.2 Å². The Labute approximate surface area is 92.5 Å².